The van der Waals surface area contributed by atoms with Gasteiger partial charge in [0, 0.05) is 11.4 Å². The molecule has 1 aromatic carbocycles. The van der Waals surface area contributed by atoms with Gasteiger partial charge in [0.15, 0.2) is 0 Å². The first-order valence-corrected chi connectivity index (χ1v) is 8.23. The van der Waals surface area contributed by atoms with Gasteiger partial charge in [-0.05, 0) is 36.3 Å². The number of piperidine rings is 1. The highest BCUT2D eigenvalue weighted by Gasteiger charge is 2.29. The fraction of sp³-hybridized carbons (Fsp3) is 0.353. The number of benzene rings is 1. The molecule has 1 aliphatic heterocycles. The molecule has 1 saturated heterocycles. The van der Waals surface area contributed by atoms with Crippen LogP contribution < -0.4 is 0 Å². The van der Waals surface area contributed by atoms with Crippen LogP contribution in [-0.2, 0) is 11.3 Å². The molecule has 1 aromatic heterocycles. The Morgan fingerprint density at radius 1 is 1.19 bits per heavy atom. The first-order chi connectivity index (χ1) is 10.3. The lowest BCUT2D eigenvalue weighted by atomic mass is 10.0. The van der Waals surface area contributed by atoms with Crippen LogP contribution in [0.5, 0.6) is 0 Å². The molecule has 2 aromatic rings. The topological polar surface area (TPSA) is 29.5 Å². The second-order valence-corrected chi connectivity index (χ2v) is 6.24. The maximum absolute atomic E-state index is 12.4. The lowest BCUT2D eigenvalue weighted by molar-refractivity contribution is 0.0687. The van der Waals surface area contributed by atoms with Gasteiger partial charge >= 0.3 is 6.09 Å². The predicted molar refractivity (Wildman–Crippen MR) is 84.2 cm³/mol. The minimum Gasteiger partial charge on any atom is -0.445 e. The Kier molecular flexibility index (Phi) is 4.55. The summed E-state index contributed by atoms with van der Waals surface area (Å²) >= 11 is 1.72. The first-order valence-electron chi connectivity index (χ1n) is 7.35. The van der Waals surface area contributed by atoms with E-state index in [0.717, 1.165) is 24.9 Å². The van der Waals surface area contributed by atoms with Crippen molar-refractivity contribution in [2.45, 2.75) is 31.9 Å². The molecular weight excluding hydrogens is 282 g/mol. The lowest BCUT2D eigenvalue weighted by Crippen LogP contribution is -2.38. The van der Waals surface area contributed by atoms with E-state index in [1.165, 1.54) is 11.3 Å². The van der Waals surface area contributed by atoms with Gasteiger partial charge in [0.25, 0.3) is 0 Å². The normalized spacial score (nSPS) is 18.5. The second-order valence-electron chi connectivity index (χ2n) is 5.26. The SMILES string of the molecule is O=C(OCc1ccccc1)N1CCCC[C@@H]1c1cccs1. The highest BCUT2D eigenvalue weighted by molar-refractivity contribution is 7.10. The van der Waals surface area contributed by atoms with Crippen molar-refractivity contribution in [3.63, 3.8) is 0 Å². The van der Waals surface area contributed by atoms with Gasteiger partial charge in [0.1, 0.15) is 6.61 Å². The average Bonchev–Trinajstić information content (AvgIpc) is 3.08. The number of hydrogen-bond acceptors (Lipinski definition) is 3. The zero-order chi connectivity index (χ0) is 14.5. The largest absolute Gasteiger partial charge is 0.445 e. The van der Waals surface area contributed by atoms with Gasteiger partial charge in [-0.3, -0.25) is 0 Å². The van der Waals surface area contributed by atoms with E-state index >= 15 is 0 Å². The van der Waals surface area contributed by atoms with Gasteiger partial charge in [0.05, 0.1) is 6.04 Å². The molecule has 1 fully saturated rings. The van der Waals surface area contributed by atoms with E-state index in [1.807, 2.05) is 41.3 Å². The van der Waals surface area contributed by atoms with E-state index in [4.69, 9.17) is 4.74 Å². The van der Waals surface area contributed by atoms with Crippen LogP contribution in [0.4, 0.5) is 4.79 Å². The summed E-state index contributed by atoms with van der Waals surface area (Å²) in [6.07, 6.45) is 3.06. The molecule has 0 N–H and O–H groups in total. The van der Waals surface area contributed by atoms with Crippen LogP contribution in [0, 0.1) is 0 Å². The Bertz CT molecular complexity index is 568. The number of ether oxygens (including phenoxy) is 1. The van der Waals surface area contributed by atoms with Gasteiger partial charge in [-0.25, -0.2) is 4.79 Å². The maximum atomic E-state index is 12.4. The van der Waals surface area contributed by atoms with Crippen LogP contribution in [0.2, 0.25) is 0 Å². The van der Waals surface area contributed by atoms with Crippen molar-refractivity contribution in [1.82, 2.24) is 4.90 Å². The summed E-state index contributed by atoms with van der Waals surface area (Å²) < 4.78 is 5.49. The van der Waals surface area contributed by atoms with E-state index in [0.29, 0.717) is 6.61 Å². The number of thiophene rings is 1. The van der Waals surface area contributed by atoms with E-state index in [2.05, 4.69) is 11.4 Å². The molecule has 3 nitrogen and oxygen atoms in total. The van der Waals surface area contributed by atoms with Crippen molar-refractivity contribution < 1.29 is 9.53 Å². The van der Waals surface area contributed by atoms with Crippen molar-refractivity contribution >= 4 is 17.4 Å². The van der Waals surface area contributed by atoms with Crippen molar-refractivity contribution in [3.8, 4) is 0 Å². The minimum absolute atomic E-state index is 0.182. The molecule has 0 saturated carbocycles. The van der Waals surface area contributed by atoms with Crippen molar-refractivity contribution in [1.29, 1.82) is 0 Å². The van der Waals surface area contributed by atoms with E-state index in [9.17, 15) is 4.79 Å². The third kappa shape index (κ3) is 3.45. The van der Waals surface area contributed by atoms with E-state index < -0.39 is 0 Å². The molecule has 4 heteroatoms. The monoisotopic (exact) mass is 301 g/mol. The molecule has 2 heterocycles. The molecule has 0 aliphatic carbocycles. The molecule has 110 valence electrons. The predicted octanol–water partition coefficient (Wildman–Crippen LogP) is 4.61. The number of nitrogens with zero attached hydrogens (tertiary/aromatic N) is 1. The summed E-state index contributed by atoms with van der Waals surface area (Å²) in [7, 11) is 0. The van der Waals surface area contributed by atoms with Gasteiger partial charge in [-0.2, -0.15) is 0 Å². The fourth-order valence-corrected chi connectivity index (χ4v) is 3.60. The van der Waals surface area contributed by atoms with Gasteiger partial charge in [-0.15, -0.1) is 11.3 Å². The van der Waals surface area contributed by atoms with E-state index in [1.54, 1.807) is 11.3 Å². The van der Waals surface area contributed by atoms with Crippen LogP contribution in [0.3, 0.4) is 0 Å². The summed E-state index contributed by atoms with van der Waals surface area (Å²) in [5.74, 6) is 0. The Balaban J connectivity index is 1.64. The molecule has 0 bridgehead atoms. The Labute approximate surface area is 129 Å². The average molecular weight is 301 g/mol. The smallest absolute Gasteiger partial charge is 0.410 e. The van der Waals surface area contributed by atoms with Gasteiger partial charge in [-0.1, -0.05) is 36.4 Å². The van der Waals surface area contributed by atoms with Gasteiger partial charge in [0.2, 0.25) is 0 Å². The standard InChI is InChI=1S/C17H19NO2S/c19-17(20-13-14-7-2-1-3-8-14)18-11-5-4-9-15(18)16-10-6-12-21-16/h1-3,6-8,10,12,15H,4-5,9,11,13H2/t15-/m1/s1. The summed E-state index contributed by atoms with van der Waals surface area (Å²) in [6.45, 7) is 1.13. The Morgan fingerprint density at radius 3 is 2.81 bits per heavy atom. The summed E-state index contributed by atoms with van der Waals surface area (Å²) in [5, 5.41) is 2.07. The van der Waals surface area contributed by atoms with Gasteiger partial charge < -0.3 is 9.64 Å². The minimum atomic E-state index is -0.197. The number of hydrogen-bond donors (Lipinski definition) is 0. The zero-order valence-electron chi connectivity index (χ0n) is 11.9. The molecule has 21 heavy (non-hydrogen) atoms. The highest BCUT2D eigenvalue weighted by atomic mass is 32.1. The van der Waals surface area contributed by atoms with Crippen molar-refractivity contribution in [2.24, 2.45) is 0 Å². The third-order valence-corrected chi connectivity index (χ3v) is 4.79. The highest BCUT2D eigenvalue weighted by Crippen LogP contribution is 2.33. The van der Waals surface area contributed by atoms with Crippen LogP contribution in [0.25, 0.3) is 0 Å². The van der Waals surface area contributed by atoms with Crippen LogP contribution in [0.1, 0.15) is 35.7 Å². The Morgan fingerprint density at radius 2 is 2.05 bits per heavy atom. The zero-order valence-corrected chi connectivity index (χ0v) is 12.7. The Hall–Kier alpha value is -1.81. The first kappa shape index (κ1) is 14.1. The number of carbonyl (C=O) groups is 1. The summed E-state index contributed by atoms with van der Waals surface area (Å²) in [5.41, 5.74) is 1.02. The molecular formula is C17H19NO2S. The van der Waals surface area contributed by atoms with Crippen molar-refractivity contribution in [2.75, 3.05) is 6.54 Å². The number of rotatable bonds is 3. The quantitative estimate of drug-likeness (QED) is 0.828. The maximum Gasteiger partial charge on any atom is 0.410 e. The second kappa shape index (κ2) is 6.76. The molecule has 1 atom stereocenters. The van der Waals surface area contributed by atoms with Crippen LogP contribution in [0.15, 0.2) is 47.8 Å². The molecule has 0 spiro atoms. The summed E-state index contributed by atoms with van der Waals surface area (Å²) in [4.78, 5) is 15.5. The molecule has 1 aliphatic rings. The van der Waals surface area contributed by atoms with Crippen LogP contribution >= 0.6 is 11.3 Å². The fourth-order valence-electron chi connectivity index (χ4n) is 2.73. The molecule has 1 amide bonds. The lowest BCUT2D eigenvalue weighted by Gasteiger charge is -2.34. The van der Waals surface area contributed by atoms with Crippen LogP contribution in [-0.4, -0.2) is 17.5 Å². The molecule has 3 rings (SSSR count). The number of likely N-dealkylation sites (tertiary alicyclic amines) is 1. The third-order valence-electron chi connectivity index (χ3n) is 3.81. The molecule has 0 radical (unpaired) electrons. The number of amides is 1. The summed E-state index contributed by atoms with van der Waals surface area (Å²) in [6, 6.07) is 14.2. The number of carbonyl (C=O) groups excluding carboxylic acids is 1. The molecule has 0 unspecified atom stereocenters. The van der Waals surface area contributed by atoms with Crippen molar-refractivity contribution in [3.05, 3.63) is 58.3 Å². The van der Waals surface area contributed by atoms with E-state index in [-0.39, 0.29) is 12.1 Å².